The van der Waals surface area contributed by atoms with E-state index < -0.39 is 5.97 Å². The lowest BCUT2D eigenvalue weighted by Gasteiger charge is -2.17. The van der Waals surface area contributed by atoms with Crippen LogP contribution in [0, 0.1) is 5.92 Å². The summed E-state index contributed by atoms with van der Waals surface area (Å²) in [6, 6.07) is 0. The quantitative estimate of drug-likeness (QED) is 0.132. The summed E-state index contributed by atoms with van der Waals surface area (Å²) in [5.74, 6) is -0.201. The number of carboxylic acids is 1. The second-order valence-electron chi connectivity index (χ2n) is 8.94. The average Bonchev–Trinajstić information content (AvgIpc) is 2.72. The van der Waals surface area contributed by atoms with E-state index in [9.17, 15) is 9.59 Å². The molecule has 0 aromatic carbocycles. The van der Waals surface area contributed by atoms with Crippen molar-refractivity contribution in [3.05, 3.63) is 0 Å². The summed E-state index contributed by atoms with van der Waals surface area (Å²) < 4.78 is 5.46. The van der Waals surface area contributed by atoms with Crippen LogP contribution in [-0.4, -0.2) is 23.7 Å². The van der Waals surface area contributed by atoms with E-state index in [2.05, 4.69) is 13.8 Å². The highest BCUT2D eigenvalue weighted by molar-refractivity contribution is 5.69. The van der Waals surface area contributed by atoms with Crippen LogP contribution in [0.4, 0.5) is 0 Å². The molecule has 0 aromatic rings. The van der Waals surface area contributed by atoms with Crippen molar-refractivity contribution in [2.45, 2.75) is 142 Å². The van der Waals surface area contributed by atoms with Crippen LogP contribution in [0.15, 0.2) is 0 Å². The van der Waals surface area contributed by atoms with Gasteiger partial charge in [0.05, 0.1) is 6.61 Å². The number of rotatable bonds is 23. The van der Waals surface area contributed by atoms with Gasteiger partial charge in [0, 0.05) is 12.8 Å². The largest absolute Gasteiger partial charge is 0.481 e. The number of ether oxygens (including phenoxy) is 1. The third-order valence-electron chi connectivity index (χ3n) is 5.99. The minimum absolute atomic E-state index is 0.122. The van der Waals surface area contributed by atoms with E-state index in [0.29, 0.717) is 25.4 Å². The van der Waals surface area contributed by atoms with Crippen LogP contribution in [0.2, 0.25) is 0 Å². The molecule has 4 nitrogen and oxygen atoms in total. The maximum Gasteiger partial charge on any atom is 0.305 e. The zero-order valence-electron chi connectivity index (χ0n) is 20.1. The Hall–Kier alpha value is -1.06. The smallest absolute Gasteiger partial charge is 0.305 e. The molecule has 0 aromatic heterocycles. The van der Waals surface area contributed by atoms with Crippen molar-refractivity contribution in [2.75, 3.05) is 6.61 Å². The summed E-state index contributed by atoms with van der Waals surface area (Å²) in [6.45, 7) is 5.06. The van der Waals surface area contributed by atoms with Gasteiger partial charge in [-0.1, -0.05) is 110 Å². The number of esters is 1. The van der Waals surface area contributed by atoms with Gasteiger partial charge in [-0.3, -0.25) is 9.59 Å². The maximum absolute atomic E-state index is 11.9. The molecule has 0 rings (SSSR count). The van der Waals surface area contributed by atoms with Crippen LogP contribution < -0.4 is 0 Å². The standard InChI is InChI=1S/C26H50O4/c1-3-5-7-9-11-14-18-24(19-15-12-10-8-6-4-2)22-23-30-26(29)21-17-13-16-20-25(27)28/h24H,3-23H2,1-2H3,(H,27,28). The van der Waals surface area contributed by atoms with E-state index >= 15 is 0 Å². The molecule has 0 saturated heterocycles. The average molecular weight is 427 g/mol. The van der Waals surface area contributed by atoms with Crippen molar-refractivity contribution in [3.63, 3.8) is 0 Å². The van der Waals surface area contributed by atoms with E-state index in [-0.39, 0.29) is 12.4 Å². The van der Waals surface area contributed by atoms with Crippen molar-refractivity contribution in [2.24, 2.45) is 5.92 Å². The van der Waals surface area contributed by atoms with Gasteiger partial charge < -0.3 is 9.84 Å². The Kier molecular flexibility index (Phi) is 21.8. The van der Waals surface area contributed by atoms with Gasteiger partial charge in [0.15, 0.2) is 0 Å². The topological polar surface area (TPSA) is 63.6 Å². The Labute approximate surface area is 186 Å². The van der Waals surface area contributed by atoms with Crippen LogP contribution in [0.3, 0.4) is 0 Å². The first-order valence-corrected chi connectivity index (χ1v) is 13.0. The van der Waals surface area contributed by atoms with E-state index in [4.69, 9.17) is 9.84 Å². The molecule has 0 aliphatic rings. The summed E-state index contributed by atoms with van der Waals surface area (Å²) in [6.07, 6.45) is 22.3. The predicted octanol–water partition coefficient (Wildman–Crippen LogP) is 8.07. The number of carboxylic acid groups (broad SMARTS) is 1. The van der Waals surface area contributed by atoms with Gasteiger partial charge in [0.2, 0.25) is 0 Å². The van der Waals surface area contributed by atoms with Crippen molar-refractivity contribution >= 4 is 11.9 Å². The number of carbonyl (C=O) groups is 2. The molecule has 0 radical (unpaired) electrons. The molecule has 30 heavy (non-hydrogen) atoms. The summed E-state index contributed by atoms with van der Waals surface area (Å²) in [5.41, 5.74) is 0. The Morgan fingerprint density at radius 2 is 1.10 bits per heavy atom. The molecule has 0 bridgehead atoms. The maximum atomic E-state index is 11.9. The van der Waals surface area contributed by atoms with Crippen LogP contribution >= 0.6 is 0 Å². The molecular formula is C26H50O4. The minimum atomic E-state index is -0.764. The Bertz CT molecular complexity index is 378. The first kappa shape index (κ1) is 28.9. The fraction of sp³-hybridized carbons (Fsp3) is 0.923. The summed E-state index contributed by atoms with van der Waals surface area (Å²) in [4.78, 5) is 22.4. The Morgan fingerprint density at radius 3 is 1.63 bits per heavy atom. The first-order chi connectivity index (χ1) is 14.6. The van der Waals surface area contributed by atoms with E-state index in [1.165, 1.54) is 89.9 Å². The SMILES string of the molecule is CCCCCCCCC(CCCCCCCC)CCOC(=O)CCCCCC(=O)O. The van der Waals surface area contributed by atoms with Gasteiger partial charge in [0.25, 0.3) is 0 Å². The monoisotopic (exact) mass is 426 g/mol. The molecule has 0 aliphatic carbocycles. The Morgan fingerprint density at radius 1 is 0.633 bits per heavy atom. The minimum Gasteiger partial charge on any atom is -0.481 e. The highest BCUT2D eigenvalue weighted by atomic mass is 16.5. The molecular weight excluding hydrogens is 376 g/mol. The third-order valence-corrected chi connectivity index (χ3v) is 5.99. The normalized spacial score (nSPS) is 11.2. The molecule has 0 unspecified atom stereocenters. The van der Waals surface area contributed by atoms with Crippen molar-refractivity contribution in [3.8, 4) is 0 Å². The van der Waals surface area contributed by atoms with Gasteiger partial charge >= 0.3 is 11.9 Å². The third kappa shape index (κ3) is 21.6. The van der Waals surface area contributed by atoms with Gasteiger partial charge in [-0.2, -0.15) is 0 Å². The summed E-state index contributed by atoms with van der Waals surface area (Å²) in [7, 11) is 0. The predicted molar refractivity (Wildman–Crippen MR) is 126 cm³/mol. The van der Waals surface area contributed by atoms with Gasteiger partial charge in [-0.25, -0.2) is 0 Å². The highest BCUT2D eigenvalue weighted by Crippen LogP contribution is 2.22. The van der Waals surface area contributed by atoms with Crippen molar-refractivity contribution in [1.29, 1.82) is 0 Å². The molecule has 0 spiro atoms. The molecule has 4 heteroatoms. The molecule has 0 aliphatic heterocycles. The molecule has 0 atom stereocenters. The molecule has 0 fully saturated rings. The van der Waals surface area contributed by atoms with Gasteiger partial charge in [0.1, 0.15) is 0 Å². The second-order valence-corrected chi connectivity index (χ2v) is 8.94. The lowest BCUT2D eigenvalue weighted by atomic mass is 9.91. The molecule has 0 saturated carbocycles. The fourth-order valence-corrected chi connectivity index (χ4v) is 3.99. The van der Waals surface area contributed by atoms with E-state index in [1.807, 2.05) is 0 Å². The number of hydrogen-bond donors (Lipinski definition) is 1. The zero-order chi connectivity index (χ0) is 22.3. The van der Waals surface area contributed by atoms with Crippen molar-refractivity contribution < 1.29 is 19.4 Å². The van der Waals surface area contributed by atoms with Crippen LogP contribution in [0.25, 0.3) is 0 Å². The second kappa shape index (κ2) is 22.6. The molecule has 178 valence electrons. The lowest BCUT2D eigenvalue weighted by molar-refractivity contribution is -0.144. The Balaban J connectivity index is 3.96. The molecule has 0 heterocycles. The fourth-order valence-electron chi connectivity index (χ4n) is 3.99. The van der Waals surface area contributed by atoms with Crippen LogP contribution in [0.5, 0.6) is 0 Å². The number of aliphatic carboxylic acids is 1. The van der Waals surface area contributed by atoms with E-state index in [0.717, 1.165) is 19.3 Å². The summed E-state index contributed by atoms with van der Waals surface area (Å²) in [5, 5.41) is 8.63. The first-order valence-electron chi connectivity index (χ1n) is 13.0. The van der Waals surface area contributed by atoms with Crippen LogP contribution in [0.1, 0.15) is 142 Å². The van der Waals surface area contributed by atoms with E-state index in [1.54, 1.807) is 0 Å². The van der Waals surface area contributed by atoms with Crippen molar-refractivity contribution in [1.82, 2.24) is 0 Å². The van der Waals surface area contributed by atoms with Gasteiger partial charge in [-0.15, -0.1) is 0 Å². The molecule has 0 amide bonds. The number of carbonyl (C=O) groups excluding carboxylic acids is 1. The zero-order valence-corrected chi connectivity index (χ0v) is 20.1. The molecule has 1 N–H and O–H groups in total. The summed E-state index contributed by atoms with van der Waals surface area (Å²) >= 11 is 0. The highest BCUT2D eigenvalue weighted by Gasteiger charge is 2.11. The van der Waals surface area contributed by atoms with Gasteiger partial charge in [-0.05, 0) is 25.2 Å². The number of hydrogen-bond acceptors (Lipinski definition) is 3. The number of unbranched alkanes of at least 4 members (excludes halogenated alkanes) is 12. The lowest BCUT2D eigenvalue weighted by Crippen LogP contribution is -2.10. The van der Waals surface area contributed by atoms with Crippen LogP contribution in [-0.2, 0) is 14.3 Å².